The van der Waals surface area contributed by atoms with Crippen LogP contribution in [0.15, 0.2) is 53.9 Å². The molecular weight excluding hydrogens is 367 g/mol. The minimum Gasteiger partial charge on any atom is -0.481 e. The van der Waals surface area contributed by atoms with Crippen LogP contribution in [0.25, 0.3) is 10.6 Å². The number of thiazole rings is 1. The Balaban J connectivity index is 1.83. The lowest BCUT2D eigenvalue weighted by molar-refractivity contribution is -0.137. The second kappa shape index (κ2) is 8.09. The molecule has 7 heteroatoms. The van der Waals surface area contributed by atoms with Gasteiger partial charge in [0.2, 0.25) is 0 Å². The Morgan fingerprint density at radius 1 is 1.19 bits per heavy atom. The number of aryl methyl sites for hydroxylation is 1. The minimum absolute atomic E-state index is 0.127. The van der Waals surface area contributed by atoms with Crippen LogP contribution in [0.1, 0.15) is 34.1 Å². The highest BCUT2D eigenvalue weighted by Crippen LogP contribution is 2.27. The first-order valence-electron chi connectivity index (χ1n) is 8.24. The van der Waals surface area contributed by atoms with E-state index in [0.717, 1.165) is 11.1 Å². The summed E-state index contributed by atoms with van der Waals surface area (Å²) in [6.07, 6.45) is -0.429. The third-order valence-corrected chi connectivity index (χ3v) is 4.95. The predicted octanol–water partition coefficient (Wildman–Crippen LogP) is 4.20. The summed E-state index contributed by atoms with van der Waals surface area (Å²) in [6.45, 7) is 1.96. The van der Waals surface area contributed by atoms with Gasteiger partial charge in [-0.25, -0.2) is 9.37 Å². The third-order valence-electron chi connectivity index (χ3n) is 4.08. The quantitative estimate of drug-likeness (QED) is 0.667. The molecule has 3 rings (SSSR count). The lowest BCUT2D eigenvalue weighted by Crippen LogP contribution is -2.31. The number of aromatic nitrogens is 1. The number of nitrogens with one attached hydrogen (secondary N) is 1. The SMILES string of the molecule is Cc1ccccc1-c1nc(C(=O)NC(CC(=O)O)c2ccccc2F)cs1. The zero-order valence-electron chi connectivity index (χ0n) is 14.5. The molecule has 1 unspecified atom stereocenters. The molecule has 0 saturated carbocycles. The van der Waals surface area contributed by atoms with Gasteiger partial charge in [-0.3, -0.25) is 9.59 Å². The fraction of sp³-hybridized carbons (Fsp3) is 0.150. The zero-order valence-corrected chi connectivity index (χ0v) is 15.3. The van der Waals surface area contributed by atoms with Gasteiger partial charge < -0.3 is 10.4 Å². The van der Waals surface area contributed by atoms with Gasteiger partial charge in [-0.15, -0.1) is 11.3 Å². The van der Waals surface area contributed by atoms with Crippen LogP contribution in [0, 0.1) is 12.7 Å². The third kappa shape index (κ3) is 4.38. The van der Waals surface area contributed by atoms with Crippen molar-refractivity contribution in [1.82, 2.24) is 10.3 Å². The van der Waals surface area contributed by atoms with Crippen LogP contribution in [0.3, 0.4) is 0 Å². The highest BCUT2D eigenvalue weighted by Gasteiger charge is 2.23. The van der Waals surface area contributed by atoms with Gasteiger partial charge in [-0.1, -0.05) is 42.5 Å². The fourth-order valence-corrected chi connectivity index (χ4v) is 3.61. The summed E-state index contributed by atoms with van der Waals surface area (Å²) < 4.78 is 14.1. The molecule has 0 radical (unpaired) electrons. The van der Waals surface area contributed by atoms with Crippen molar-refractivity contribution in [3.63, 3.8) is 0 Å². The van der Waals surface area contributed by atoms with Crippen molar-refractivity contribution in [3.8, 4) is 10.6 Å². The number of carbonyl (C=O) groups excluding carboxylic acids is 1. The monoisotopic (exact) mass is 384 g/mol. The molecule has 2 N–H and O–H groups in total. The van der Waals surface area contributed by atoms with E-state index in [4.69, 9.17) is 5.11 Å². The first-order valence-corrected chi connectivity index (χ1v) is 9.12. The highest BCUT2D eigenvalue weighted by molar-refractivity contribution is 7.13. The zero-order chi connectivity index (χ0) is 19.4. The number of carboxylic acid groups (broad SMARTS) is 1. The molecule has 27 heavy (non-hydrogen) atoms. The number of carbonyl (C=O) groups is 2. The molecule has 1 aromatic heterocycles. The molecule has 0 aliphatic heterocycles. The van der Waals surface area contributed by atoms with Crippen LogP contribution in [-0.2, 0) is 4.79 Å². The van der Waals surface area contributed by atoms with Crippen molar-refractivity contribution < 1.29 is 19.1 Å². The van der Waals surface area contributed by atoms with Crippen LogP contribution in [0.4, 0.5) is 4.39 Å². The number of amides is 1. The number of nitrogens with zero attached hydrogens (tertiary/aromatic N) is 1. The second-order valence-corrected chi connectivity index (χ2v) is 6.86. The predicted molar refractivity (Wildman–Crippen MR) is 101 cm³/mol. The second-order valence-electron chi connectivity index (χ2n) is 6.00. The molecule has 0 aliphatic rings. The number of aliphatic carboxylic acids is 1. The van der Waals surface area contributed by atoms with Crippen molar-refractivity contribution >= 4 is 23.2 Å². The summed E-state index contributed by atoms with van der Waals surface area (Å²) >= 11 is 1.32. The molecule has 1 amide bonds. The van der Waals surface area contributed by atoms with Gasteiger partial charge in [0, 0.05) is 16.5 Å². The number of rotatable bonds is 6. The average Bonchev–Trinajstić information content (AvgIpc) is 3.11. The van der Waals surface area contributed by atoms with Gasteiger partial charge in [0.1, 0.15) is 16.5 Å². The van der Waals surface area contributed by atoms with E-state index in [9.17, 15) is 14.0 Å². The number of halogens is 1. The molecule has 0 spiro atoms. The van der Waals surface area contributed by atoms with E-state index in [1.807, 2.05) is 31.2 Å². The van der Waals surface area contributed by atoms with Crippen molar-refractivity contribution in [2.45, 2.75) is 19.4 Å². The molecule has 1 atom stereocenters. The Bertz CT molecular complexity index is 987. The fourth-order valence-electron chi connectivity index (χ4n) is 2.72. The maximum atomic E-state index is 14.1. The van der Waals surface area contributed by atoms with Gasteiger partial charge in [-0.05, 0) is 18.6 Å². The Morgan fingerprint density at radius 2 is 1.89 bits per heavy atom. The molecule has 1 heterocycles. The molecule has 0 fully saturated rings. The Hall–Kier alpha value is -3.06. The summed E-state index contributed by atoms with van der Waals surface area (Å²) in [5.74, 6) is -2.24. The van der Waals surface area contributed by atoms with Crippen LogP contribution < -0.4 is 5.32 Å². The topological polar surface area (TPSA) is 79.3 Å². The van der Waals surface area contributed by atoms with Crippen molar-refractivity contribution in [2.75, 3.05) is 0 Å². The largest absolute Gasteiger partial charge is 0.481 e. The molecule has 5 nitrogen and oxygen atoms in total. The average molecular weight is 384 g/mol. The summed E-state index contributed by atoms with van der Waals surface area (Å²) in [4.78, 5) is 28.1. The first-order chi connectivity index (χ1) is 13.0. The van der Waals surface area contributed by atoms with Crippen LogP contribution >= 0.6 is 11.3 Å². The molecule has 3 aromatic rings. The summed E-state index contributed by atoms with van der Waals surface area (Å²) in [5.41, 5.74) is 2.26. The van der Waals surface area contributed by atoms with Gasteiger partial charge in [-0.2, -0.15) is 0 Å². The van der Waals surface area contributed by atoms with Crippen molar-refractivity contribution in [3.05, 3.63) is 76.5 Å². The number of hydrogen-bond donors (Lipinski definition) is 2. The van der Waals surface area contributed by atoms with E-state index >= 15 is 0 Å². The summed E-state index contributed by atoms with van der Waals surface area (Å²) in [7, 11) is 0. The van der Waals surface area contributed by atoms with Gasteiger partial charge in [0.05, 0.1) is 12.5 Å². The summed E-state index contributed by atoms with van der Waals surface area (Å²) in [6, 6.07) is 12.5. The van der Waals surface area contributed by atoms with E-state index in [1.54, 1.807) is 11.4 Å². The maximum Gasteiger partial charge on any atom is 0.305 e. The Kier molecular flexibility index (Phi) is 5.61. The summed E-state index contributed by atoms with van der Waals surface area (Å²) in [5, 5.41) is 14.0. The van der Waals surface area contributed by atoms with Gasteiger partial charge >= 0.3 is 5.97 Å². The molecular formula is C20H17FN2O3S. The van der Waals surface area contributed by atoms with Crippen molar-refractivity contribution in [2.24, 2.45) is 0 Å². The lowest BCUT2D eigenvalue weighted by Gasteiger charge is -2.17. The lowest BCUT2D eigenvalue weighted by atomic mass is 10.0. The molecule has 0 saturated heterocycles. The number of benzene rings is 2. The van der Waals surface area contributed by atoms with E-state index in [2.05, 4.69) is 10.3 Å². The highest BCUT2D eigenvalue weighted by atomic mass is 32.1. The maximum absolute atomic E-state index is 14.1. The molecule has 2 aromatic carbocycles. The number of hydrogen-bond acceptors (Lipinski definition) is 4. The molecule has 0 bridgehead atoms. The van der Waals surface area contributed by atoms with Crippen LogP contribution in [0.5, 0.6) is 0 Å². The van der Waals surface area contributed by atoms with E-state index in [1.165, 1.54) is 29.5 Å². The van der Waals surface area contributed by atoms with E-state index in [0.29, 0.717) is 5.01 Å². The normalized spacial score (nSPS) is 11.8. The Morgan fingerprint density at radius 3 is 2.59 bits per heavy atom. The van der Waals surface area contributed by atoms with E-state index < -0.39 is 30.2 Å². The standard InChI is InChI=1S/C20H17FN2O3S/c1-12-6-2-3-7-13(12)20-23-17(11-27-20)19(26)22-16(10-18(24)25)14-8-4-5-9-15(14)21/h2-9,11,16H,10H2,1H3,(H,22,26)(H,24,25). The van der Waals surface area contributed by atoms with Gasteiger partial charge in [0.25, 0.3) is 5.91 Å². The van der Waals surface area contributed by atoms with Crippen LogP contribution in [0.2, 0.25) is 0 Å². The van der Waals surface area contributed by atoms with Crippen LogP contribution in [-0.4, -0.2) is 22.0 Å². The molecule has 0 aliphatic carbocycles. The first kappa shape index (κ1) is 18.7. The smallest absolute Gasteiger partial charge is 0.305 e. The van der Waals surface area contributed by atoms with E-state index in [-0.39, 0.29) is 11.3 Å². The minimum atomic E-state index is -1.14. The number of carboxylic acids is 1. The van der Waals surface area contributed by atoms with Gasteiger partial charge in [0.15, 0.2) is 0 Å². The molecule has 138 valence electrons. The van der Waals surface area contributed by atoms with Crippen molar-refractivity contribution in [1.29, 1.82) is 0 Å². The Labute approximate surface area is 159 Å².